The van der Waals surface area contributed by atoms with Gasteiger partial charge in [0.15, 0.2) is 0 Å². The topological polar surface area (TPSA) is 78.6 Å². The minimum atomic E-state index is -0.733. The highest BCUT2D eigenvalue weighted by molar-refractivity contribution is 5.67. The summed E-state index contributed by atoms with van der Waals surface area (Å²) in [5.74, 6) is -0.733. The highest BCUT2D eigenvalue weighted by atomic mass is 16.4. The summed E-state index contributed by atoms with van der Waals surface area (Å²) < 4.78 is 1.71. The molecule has 6 heteroatoms. The van der Waals surface area contributed by atoms with E-state index in [0.717, 1.165) is 31.5 Å². The molecule has 2 N–H and O–H groups in total. The quantitative estimate of drug-likeness (QED) is 0.763. The van der Waals surface area contributed by atoms with Gasteiger partial charge in [-0.15, -0.1) is 0 Å². The first-order chi connectivity index (χ1) is 8.69. The normalized spacial score (nSPS) is 20.4. The SMILES string of the molecule is O=C(O)CC1CCCN1Cc1cnn(CCO)c1. The number of aromatic nitrogens is 2. The lowest BCUT2D eigenvalue weighted by atomic mass is 10.1. The summed E-state index contributed by atoms with van der Waals surface area (Å²) in [5, 5.41) is 21.8. The van der Waals surface area contributed by atoms with E-state index in [1.165, 1.54) is 0 Å². The summed E-state index contributed by atoms with van der Waals surface area (Å²) in [5.41, 5.74) is 1.07. The number of hydrogen-bond acceptors (Lipinski definition) is 4. The van der Waals surface area contributed by atoms with Gasteiger partial charge in [0.2, 0.25) is 0 Å². The Morgan fingerprint density at radius 2 is 2.39 bits per heavy atom. The van der Waals surface area contributed by atoms with Gasteiger partial charge in [-0.3, -0.25) is 14.4 Å². The summed E-state index contributed by atoms with van der Waals surface area (Å²) in [7, 11) is 0. The molecular formula is C12H19N3O3. The molecule has 0 aliphatic carbocycles. The maximum absolute atomic E-state index is 10.8. The van der Waals surface area contributed by atoms with Crippen LogP contribution >= 0.6 is 0 Å². The molecule has 2 heterocycles. The second-order valence-electron chi connectivity index (χ2n) is 4.70. The van der Waals surface area contributed by atoms with E-state index in [2.05, 4.69) is 10.00 Å². The van der Waals surface area contributed by atoms with E-state index in [1.54, 1.807) is 10.9 Å². The smallest absolute Gasteiger partial charge is 0.304 e. The Morgan fingerprint density at radius 1 is 1.56 bits per heavy atom. The molecule has 1 unspecified atom stereocenters. The van der Waals surface area contributed by atoms with Crippen LogP contribution < -0.4 is 0 Å². The number of aliphatic hydroxyl groups excluding tert-OH is 1. The number of aliphatic carboxylic acids is 1. The van der Waals surface area contributed by atoms with E-state index in [0.29, 0.717) is 6.54 Å². The average Bonchev–Trinajstić information content (AvgIpc) is 2.90. The van der Waals surface area contributed by atoms with Crippen LogP contribution in [-0.4, -0.2) is 50.1 Å². The van der Waals surface area contributed by atoms with Gasteiger partial charge in [-0.25, -0.2) is 0 Å². The van der Waals surface area contributed by atoms with Crippen LogP contribution in [0.2, 0.25) is 0 Å². The minimum Gasteiger partial charge on any atom is -0.481 e. The van der Waals surface area contributed by atoms with Crippen molar-refractivity contribution < 1.29 is 15.0 Å². The third kappa shape index (κ3) is 3.30. The molecule has 1 aliphatic heterocycles. The first kappa shape index (κ1) is 13.0. The van der Waals surface area contributed by atoms with Crippen molar-refractivity contribution in [3.63, 3.8) is 0 Å². The van der Waals surface area contributed by atoms with Gasteiger partial charge >= 0.3 is 5.97 Å². The van der Waals surface area contributed by atoms with Gasteiger partial charge in [-0.2, -0.15) is 5.10 Å². The molecule has 0 bridgehead atoms. The van der Waals surface area contributed by atoms with Crippen LogP contribution in [-0.2, 0) is 17.9 Å². The van der Waals surface area contributed by atoms with E-state index >= 15 is 0 Å². The van der Waals surface area contributed by atoms with Crippen molar-refractivity contribution in [2.75, 3.05) is 13.2 Å². The van der Waals surface area contributed by atoms with Crippen LogP contribution in [0.3, 0.4) is 0 Å². The average molecular weight is 253 g/mol. The lowest BCUT2D eigenvalue weighted by Gasteiger charge is -2.22. The summed E-state index contributed by atoms with van der Waals surface area (Å²) in [6.07, 6.45) is 5.92. The molecule has 18 heavy (non-hydrogen) atoms. The van der Waals surface area contributed by atoms with Crippen molar-refractivity contribution in [3.8, 4) is 0 Å². The highest BCUT2D eigenvalue weighted by Crippen LogP contribution is 2.22. The summed E-state index contributed by atoms with van der Waals surface area (Å²) in [4.78, 5) is 13.0. The maximum atomic E-state index is 10.8. The molecule has 1 fully saturated rings. The Balaban J connectivity index is 1.92. The molecule has 1 atom stereocenters. The Hall–Kier alpha value is -1.40. The third-order valence-corrected chi connectivity index (χ3v) is 3.31. The first-order valence-corrected chi connectivity index (χ1v) is 6.27. The molecule has 1 saturated heterocycles. The fourth-order valence-electron chi connectivity index (χ4n) is 2.48. The number of hydrogen-bond donors (Lipinski definition) is 2. The van der Waals surface area contributed by atoms with Crippen LogP contribution in [0.4, 0.5) is 0 Å². The highest BCUT2D eigenvalue weighted by Gasteiger charge is 2.26. The second kappa shape index (κ2) is 5.97. The zero-order valence-corrected chi connectivity index (χ0v) is 10.3. The predicted molar refractivity (Wildman–Crippen MR) is 65.0 cm³/mol. The van der Waals surface area contributed by atoms with Crippen LogP contribution in [0.5, 0.6) is 0 Å². The van der Waals surface area contributed by atoms with Crippen LogP contribution in [0, 0.1) is 0 Å². The molecule has 0 spiro atoms. The fraction of sp³-hybridized carbons (Fsp3) is 0.667. The van der Waals surface area contributed by atoms with Gasteiger partial charge in [0, 0.05) is 24.3 Å². The summed E-state index contributed by atoms with van der Waals surface area (Å²) in [6.45, 7) is 2.26. The van der Waals surface area contributed by atoms with Gasteiger partial charge in [-0.05, 0) is 19.4 Å². The maximum Gasteiger partial charge on any atom is 0.304 e. The lowest BCUT2D eigenvalue weighted by Crippen LogP contribution is -2.30. The predicted octanol–water partition coefficient (Wildman–Crippen LogP) is 0.314. The lowest BCUT2D eigenvalue weighted by molar-refractivity contribution is -0.138. The number of likely N-dealkylation sites (tertiary alicyclic amines) is 1. The molecule has 2 rings (SSSR count). The molecule has 0 amide bonds. The molecule has 1 aromatic heterocycles. The molecule has 1 aromatic rings. The van der Waals surface area contributed by atoms with Gasteiger partial charge in [-0.1, -0.05) is 0 Å². The summed E-state index contributed by atoms with van der Waals surface area (Å²) >= 11 is 0. The van der Waals surface area contributed by atoms with Gasteiger partial charge in [0.05, 0.1) is 25.8 Å². The van der Waals surface area contributed by atoms with Crippen molar-refractivity contribution in [2.24, 2.45) is 0 Å². The molecular weight excluding hydrogens is 234 g/mol. The van der Waals surface area contributed by atoms with E-state index in [9.17, 15) is 4.79 Å². The summed E-state index contributed by atoms with van der Waals surface area (Å²) in [6, 6.07) is 0.142. The number of aliphatic hydroxyl groups is 1. The number of nitrogens with zero attached hydrogens (tertiary/aromatic N) is 3. The zero-order valence-electron chi connectivity index (χ0n) is 10.3. The van der Waals surface area contributed by atoms with E-state index in [-0.39, 0.29) is 19.1 Å². The van der Waals surface area contributed by atoms with Crippen molar-refractivity contribution in [1.82, 2.24) is 14.7 Å². The number of carbonyl (C=O) groups is 1. The fourth-order valence-corrected chi connectivity index (χ4v) is 2.48. The molecule has 0 radical (unpaired) electrons. The van der Waals surface area contributed by atoms with Crippen molar-refractivity contribution in [1.29, 1.82) is 0 Å². The largest absolute Gasteiger partial charge is 0.481 e. The Bertz CT molecular complexity index is 405. The van der Waals surface area contributed by atoms with Gasteiger partial charge in [0.1, 0.15) is 0 Å². The van der Waals surface area contributed by atoms with Gasteiger partial charge in [0.25, 0.3) is 0 Å². The number of carboxylic acids is 1. The Morgan fingerprint density at radius 3 is 3.11 bits per heavy atom. The van der Waals surface area contributed by atoms with Gasteiger partial charge < -0.3 is 10.2 Å². The van der Waals surface area contributed by atoms with Crippen molar-refractivity contribution in [2.45, 2.75) is 38.4 Å². The first-order valence-electron chi connectivity index (χ1n) is 6.27. The van der Waals surface area contributed by atoms with Crippen molar-refractivity contribution >= 4 is 5.97 Å². The Kier molecular flexibility index (Phi) is 4.33. The standard InChI is InChI=1S/C12H19N3O3/c16-5-4-15-9-10(7-13-15)8-14-3-1-2-11(14)6-12(17)18/h7,9,11,16H,1-6,8H2,(H,17,18). The number of rotatable bonds is 6. The number of carboxylic acid groups (broad SMARTS) is 1. The second-order valence-corrected chi connectivity index (χ2v) is 4.70. The molecule has 0 aromatic carbocycles. The zero-order chi connectivity index (χ0) is 13.0. The molecule has 0 saturated carbocycles. The third-order valence-electron chi connectivity index (χ3n) is 3.31. The monoisotopic (exact) mass is 253 g/mol. The van der Waals surface area contributed by atoms with Crippen molar-refractivity contribution in [3.05, 3.63) is 18.0 Å². The molecule has 6 nitrogen and oxygen atoms in total. The van der Waals surface area contributed by atoms with E-state index < -0.39 is 5.97 Å². The minimum absolute atomic E-state index is 0.0759. The van der Waals surface area contributed by atoms with Crippen LogP contribution in [0.15, 0.2) is 12.4 Å². The van der Waals surface area contributed by atoms with Crippen LogP contribution in [0.25, 0.3) is 0 Å². The van der Waals surface area contributed by atoms with E-state index in [4.69, 9.17) is 10.2 Å². The Labute approximate surface area is 106 Å². The molecule has 100 valence electrons. The van der Waals surface area contributed by atoms with Crippen LogP contribution in [0.1, 0.15) is 24.8 Å². The molecule has 1 aliphatic rings. The van der Waals surface area contributed by atoms with E-state index in [1.807, 2.05) is 6.20 Å².